The van der Waals surface area contributed by atoms with Crippen molar-refractivity contribution in [2.24, 2.45) is 0 Å². The minimum atomic E-state index is -0.375. The Morgan fingerprint density at radius 1 is 1.21 bits per heavy atom. The Bertz CT molecular complexity index is 874. The van der Waals surface area contributed by atoms with Crippen molar-refractivity contribution < 1.29 is 14.3 Å². The van der Waals surface area contributed by atoms with Crippen LogP contribution in [0.5, 0.6) is 0 Å². The van der Waals surface area contributed by atoms with Crippen LogP contribution in [0.3, 0.4) is 0 Å². The van der Waals surface area contributed by atoms with Gasteiger partial charge in [-0.2, -0.15) is 11.8 Å². The summed E-state index contributed by atoms with van der Waals surface area (Å²) in [5, 5.41) is 0. The number of nitrogens with one attached hydrogen (secondary N) is 1. The molecule has 5 heteroatoms. The lowest BCUT2D eigenvalue weighted by Crippen LogP contribution is -2.19. The standard InChI is InChI=1S/C23H29NO3S/c1-14-20-18(24-21(14)22(26)27-10-11-28-5)12-16(13-19(20)25)15-6-8-17(9-7-15)23(2,3)4/h6-9,16,24H,10-13H2,1-5H3. The molecule has 1 aromatic carbocycles. The highest BCUT2D eigenvalue weighted by molar-refractivity contribution is 7.98. The zero-order valence-corrected chi connectivity index (χ0v) is 18.2. The van der Waals surface area contributed by atoms with Gasteiger partial charge < -0.3 is 9.72 Å². The lowest BCUT2D eigenvalue weighted by molar-refractivity contribution is 0.0523. The third kappa shape index (κ3) is 4.19. The Kier molecular flexibility index (Phi) is 6.04. The van der Waals surface area contributed by atoms with Crippen LogP contribution in [-0.2, 0) is 16.6 Å². The van der Waals surface area contributed by atoms with E-state index in [2.05, 4.69) is 50.0 Å². The topological polar surface area (TPSA) is 59.2 Å². The van der Waals surface area contributed by atoms with E-state index in [9.17, 15) is 9.59 Å². The maximum absolute atomic E-state index is 12.8. The number of aromatic nitrogens is 1. The number of ketones is 1. The number of thioether (sulfide) groups is 1. The minimum Gasteiger partial charge on any atom is -0.460 e. The predicted molar refractivity (Wildman–Crippen MR) is 115 cm³/mol. The van der Waals surface area contributed by atoms with Gasteiger partial charge in [0.15, 0.2) is 5.78 Å². The SMILES string of the molecule is CSCCOC(=O)c1[nH]c2c(c1C)C(=O)CC(c1ccc(C(C)(C)C)cc1)C2. The summed E-state index contributed by atoms with van der Waals surface area (Å²) in [7, 11) is 0. The van der Waals surface area contributed by atoms with Gasteiger partial charge in [0.2, 0.25) is 0 Å². The molecule has 0 radical (unpaired) electrons. The largest absolute Gasteiger partial charge is 0.460 e. The second-order valence-corrected chi connectivity index (χ2v) is 9.49. The number of benzene rings is 1. The summed E-state index contributed by atoms with van der Waals surface area (Å²) >= 11 is 1.63. The molecule has 1 N–H and O–H groups in total. The molecule has 3 rings (SSSR count). The van der Waals surface area contributed by atoms with E-state index in [-0.39, 0.29) is 23.1 Å². The summed E-state index contributed by atoms with van der Waals surface area (Å²) in [5.74, 6) is 0.617. The second kappa shape index (κ2) is 8.16. The van der Waals surface area contributed by atoms with E-state index in [1.807, 2.05) is 13.2 Å². The van der Waals surface area contributed by atoms with Gasteiger partial charge >= 0.3 is 5.97 Å². The van der Waals surface area contributed by atoms with Crippen LogP contribution in [0.1, 0.15) is 76.3 Å². The lowest BCUT2D eigenvalue weighted by Gasteiger charge is -2.24. The number of rotatable bonds is 5. The van der Waals surface area contributed by atoms with Crippen molar-refractivity contribution in [3.8, 4) is 0 Å². The summed E-state index contributed by atoms with van der Waals surface area (Å²) in [6.45, 7) is 8.79. The fourth-order valence-corrected chi connectivity index (χ4v) is 4.07. The molecule has 1 aromatic heterocycles. The summed E-state index contributed by atoms with van der Waals surface area (Å²) < 4.78 is 5.32. The van der Waals surface area contributed by atoms with Gasteiger partial charge in [-0.3, -0.25) is 4.79 Å². The highest BCUT2D eigenvalue weighted by Gasteiger charge is 2.32. The van der Waals surface area contributed by atoms with Crippen LogP contribution in [-0.4, -0.2) is 35.4 Å². The van der Waals surface area contributed by atoms with E-state index in [0.717, 1.165) is 23.4 Å². The molecule has 0 saturated heterocycles. The Labute approximate surface area is 171 Å². The van der Waals surface area contributed by atoms with E-state index in [1.54, 1.807) is 11.8 Å². The Morgan fingerprint density at radius 2 is 1.89 bits per heavy atom. The number of Topliss-reactive ketones (excluding diaryl/α,β-unsaturated/α-hetero) is 1. The molecule has 1 atom stereocenters. The van der Waals surface area contributed by atoms with Gasteiger partial charge in [-0.25, -0.2) is 4.79 Å². The molecule has 1 unspecified atom stereocenters. The number of hydrogen-bond acceptors (Lipinski definition) is 4. The van der Waals surface area contributed by atoms with Gasteiger partial charge in [0.05, 0.1) is 0 Å². The molecule has 0 bridgehead atoms. The van der Waals surface area contributed by atoms with Crippen LogP contribution >= 0.6 is 11.8 Å². The number of carbonyl (C=O) groups is 2. The van der Waals surface area contributed by atoms with Crippen LogP contribution in [0.4, 0.5) is 0 Å². The van der Waals surface area contributed by atoms with E-state index < -0.39 is 0 Å². The Morgan fingerprint density at radius 3 is 2.50 bits per heavy atom. The maximum atomic E-state index is 12.8. The Balaban J connectivity index is 1.82. The first kappa shape index (κ1) is 20.7. The first-order valence-corrected chi connectivity index (χ1v) is 11.1. The van der Waals surface area contributed by atoms with Crippen molar-refractivity contribution in [1.29, 1.82) is 0 Å². The zero-order valence-electron chi connectivity index (χ0n) is 17.3. The van der Waals surface area contributed by atoms with Crippen molar-refractivity contribution in [1.82, 2.24) is 4.98 Å². The summed E-state index contributed by atoms with van der Waals surface area (Å²) in [5.41, 5.74) is 5.23. The normalized spacial score (nSPS) is 16.8. The Hall–Kier alpha value is -2.01. The van der Waals surface area contributed by atoms with Crippen LogP contribution in [0.2, 0.25) is 0 Å². The van der Waals surface area contributed by atoms with E-state index in [0.29, 0.717) is 24.3 Å². The first-order chi connectivity index (χ1) is 13.2. The molecule has 1 aliphatic rings. The molecular formula is C23H29NO3S. The monoisotopic (exact) mass is 399 g/mol. The average molecular weight is 400 g/mol. The predicted octanol–water partition coefficient (Wildman–Crippen LogP) is 5.05. The number of esters is 1. The number of H-pyrrole nitrogens is 1. The van der Waals surface area contributed by atoms with Gasteiger partial charge in [0.25, 0.3) is 0 Å². The van der Waals surface area contributed by atoms with Gasteiger partial charge in [-0.1, -0.05) is 45.0 Å². The van der Waals surface area contributed by atoms with Gasteiger partial charge in [-0.05, 0) is 47.6 Å². The van der Waals surface area contributed by atoms with E-state index in [4.69, 9.17) is 4.74 Å². The molecule has 1 heterocycles. The molecule has 28 heavy (non-hydrogen) atoms. The third-order valence-corrected chi connectivity index (χ3v) is 6.04. The average Bonchev–Trinajstić information content (AvgIpc) is 2.98. The van der Waals surface area contributed by atoms with Crippen LogP contribution in [0.25, 0.3) is 0 Å². The van der Waals surface area contributed by atoms with Crippen LogP contribution in [0.15, 0.2) is 24.3 Å². The fraction of sp³-hybridized carbons (Fsp3) is 0.478. The molecular weight excluding hydrogens is 370 g/mol. The number of hydrogen-bond donors (Lipinski definition) is 1. The fourth-order valence-electron chi connectivity index (χ4n) is 3.82. The highest BCUT2D eigenvalue weighted by Crippen LogP contribution is 2.36. The third-order valence-electron chi connectivity index (χ3n) is 5.46. The number of fused-ring (bicyclic) bond motifs is 1. The highest BCUT2D eigenvalue weighted by atomic mass is 32.2. The molecule has 0 spiro atoms. The maximum Gasteiger partial charge on any atom is 0.355 e. The number of ether oxygens (including phenoxy) is 1. The molecule has 2 aromatic rings. The van der Waals surface area contributed by atoms with Crippen molar-refractivity contribution in [2.45, 2.75) is 51.9 Å². The minimum absolute atomic E-state index is 0.100. The molecule has 0 aliphatic heterocycles. The smallest absolute Gasteiger partial charge is 0.355 e. The molecule has 4 nitrogen and oxygen atoms in total. The number of aromatic amines is 1. The summed E-state index contributed by atoms with van der Waals surface area (Å²) in [4.78, 5) is 28.4. The molecule has 0 amide bonds. The molecule has 0 saturated carbocycles. The van der Waals surface area contributed by atoms with Crippen molar-refractivity contribution in [3.63, 3.8) is 0 Å². The summed E-state index contributed by atoms with van der Waals surface area (Å²) in [6.07, 6.45) is 3.18. The van der Waals surface area contributed by atoms with Crippen molar-refractivity contribution in [3.05, 3.63) is 57.9 Å². The van der Waals surface area contributed by atoms with Crippen LogP contribution < -0.4 is 0 Å². The van der Waals surface area contributed by atoms with E-state index >= 15 is 0 Å². The van der Waals surface area contributed by atoms with E-state index in [1.165, 1.54) is 11.1 Å². The van der Waals surface area contributed by atoms with Gasteiger partial charge in [0.1, 0.15) is 12.3 Å². The van der Waals surface area contributed by atoms with Crippen molar-refractivity contribution in [2.75, 3.05) is 18.6 Å². The quantitative estimate of drug-likeness (QED) is 0.564. The summed E-state index contributed by atoms with van der Waals surface area (Å²) in [6, 6.07) is 8.58. The van der Waals surface area contributed by atoms with Gasteiger partial charge in [-0.15, -0.1) is 0 Å². The van der Waals surface area contributed by atoms with Gasteiger partial charge in [0, 0.05) is 23.4 Å². The van der Waals surface area contributed by atoms with Crippen molar-refractivity contribution >= 4 is 23.5 Å². The van der Waals surface area contributed by atoms with Crippen LogP contribution in [0, 0.1) is 6.92 Å². The second-order valence-electron chi connectivity index (χ2n) is 8.51. The molecule has 150 valence electrons. The number of carbonyl (C=O) groups excluding carboxylic acids is 2. The molecule has 0 fully saturated rings. The lowest BCUT2D eigenvalue weighted by atomic mass is 9.80. The first-order valence-electron chi connectivity index (χ1n) is 9.73. The zero-order chi connectivity index (χ0) is 20.5. The molecule has 1 aliphatic carbocycles.